The summed E-state index contributed by atoms with van der Waals surface area (Å²) in [6.07, 6.45) is 0. The highest BCUT2D eigenvalue weighted by molar-refractivity contribution is 5.96. The van der Waals surface area contributed by atoms with Crippen LogP contribution in [0.3, 0.4) is 0 Å². The van der Waals surface area contributed by atoms with Gasteiger partial charge in [-0.05, 0) is 39.0 Å². The van der Waals surface area contributed by atoms with Gasteiger partial charge in [-0.1, -0.05) is 36.4 Å². The molecule has 0 atom stereocenters. The molecule has 3 aromatic rings. The predicted octanol–water partition coefficient (Wildman–Crippen LogP) is 4.08. The molecule has 1 aromatic heterocycles. The van der Waals surface area contributed by atoms with Crippen molar-refractivity contribution in [2.45, 2.75) is 32.9 Å². The van der Waals surface area contributed by atoms with Gasteiger partial charge in [-0.3, -0.25) is 4.79 Å². The predicted molar refractivity (Wildman–Crippen MR) is 105 cm³/mol. The van der Waals surface area contributed by atoms with E-state index in [0.717, 1.165) is 5.39 Å². The second-order valence-electron chi connectivity index (χ2n) is 7.38. The maximum Gasteiger partial charge on any atom is 0.375 e. The lowest BCUT2D eigenvalue weighted by molar-refractivity contribution is -0.125. The van der Waals surface area contributed by atoms with Crippen LogP contribution in [0.5, 0.6) is 5.75 Å². The summed E-state index contributed by atoms with van der Waals surface area (Å²) >= 11 is 0. The maximum absolute atomic E-state index is 12.6. The molecule has 1 amide bonds. The largest absolute Gasteiger partial charge is 0.489 e. The lowest BCUT2D eigenvalue weighted by atomic mass is 10.1. The Balaban J connectivity index is 1.77. The van der Waals surface area contributed by atoms with E-state index in [2.05, 4.69) is 5.32 Å². The number of benzene rings is 2. The first kappa shape index (κ1) is 19.5. The Morgan fingerprint density at radius 3 is 2.39 bits per heavy atom. The summed E-state index contributed by atoms with van der Waals surface area (Å²) in [5.41, 5.74) is 0.735. The van der Waals surface area contributed by atoms with Crippen molar-refractivity contribution in [3.05, 3.63) is 65.9 Å². The van der Waals surface area contributed by atoms with Gasteiger partial charge in [-0.2, -0.15) is 0 Å². The molecule has 0 fully saturated rings. The minimum absolute atomic E-state index is 0.0423. The Bertz CT molecular complexity index is 970. The summed E-state index contributed by atoms with van der Waals surface area (Å²) in [5.74, 6) is -0.358. The topological polar surface area (TPSA) is 77.8 Å². The molecule has 0 saturated heterocycles. The van der Waals surface area contributed by atoms with Crippen molar-refractivity contribution in [1.29, 1.82) is 0 Å². The summed E-state index contributed by atoms with van der Waals surface area (Å²) in [6.45, 7) is 5.31. The van der Waals surface area contributed by atoms with Crippen LogP contribution in [0.25, 0.3) is 11.0 Å². The van der Waals surface area contributed by atoms with Crippen molar-refractivity contribution in [1.82, 2.24) is 5.32 Å². The normalized spacial score (nSPS) is 11.2. The minimum Gasteiger partial charge on any atom is -0.489 e. The fourth-order valence-electron chi connectivity index (χ4n) is 2.73. The van der Waals surface area contributed by atoms with Gasteiger partial charge in [-0.15, -0.1) is 0 Å². The molecule has 28 heavy (non-hydrogen) atoms. The molecule has 0 unspecified atom stereocenters. The third-order valence-corrected chi connectivity index (χ3v) is 3.86. The number of carbonyl (C=O) groups excluding carboxylic acids is 2. The van der Waals surface area contributed by atoms with E-state index in [1.54, 1.807) is 6.07 Å². The third-order valence-electron chi connectivity index (χ3n) is 3.86. The highest BCUT2D eigenvalue weighted by Crippen LogP contribution is 2.28. The molecule has 0 spiro atoms. The van der Waals surface area contributed by atoms with E-state index in [0.29, 0.717) is 16.9 Å². The van der Waals surface area contributed by atoms with Gasteiger partial charge in [0.15, 0.2) is 6.61 Å². The number of carbonyl (C=O) groups is 2. The van der Waals surface area contributed by atoms with Crippen molar-refractivity contribution in [2.24, 2.45) is 0 Å². The van der Waals surface area contributed by atoms with Crippen molar-refractivity contribution < 1.29 is 23.5 Å². The summed E-state index contributed by atoms with van der Waals surface area (Å²) in [7, 11) is 0. The quantitative estimate of drug-likeness (QED) is 0.651. The highest BCUT2D eigenvalue weighted by atomic mass is 16.5. The molecule has 0 aliphatic carbocycles. The van der Waals surface area contributed by atoms with E-state index in [-0.39, 0.29) is 24.9 Å². The molecule has 0 saturated carbocycles. The van der Waals surface area contributed by atoms with Gasteiger partial charge in [0.2, 0.25) is 5.76 Å². The number of hydrogen-bond donors (Lipinski definition) is 1. The monoisotopic (exact) mass is 381 g/mol. The van der Waals surface area contributed by atoms with Crippen molar-refractivity contribution in [2.75, 3.05) is 6.61 Å². The van der Waals surface area contributed by atoms with Crippen molar-refractivity contribution >= 4 is 22.8 Å². The van der Waals surface area contributed by atoms with Crippen LogP contribution in [0.15, 0.2) is 59.0 Å². The molecule has 6 heteroatoms. The standard InChI is InChI=1S/C22H23NO5/c1-22(2,3)23-19(24)14-27-21(25)20-17(13-26-15-9-5-4-6-10-15)16-11-7-8-12-18(16)28-20/h4-12H,13-14H2,1-3H3,(H,23,24). The Hall–Kier alpha value is -3.28. The fourth-order valence-corrected chi connectivity index (χ4v) is 2.73. The molecule has 146 valence electrons. The van der Waals surface area contributed by atoms with E-state index in [9.17, 15) is 9.59 Å². The Morgan fingerprint density at radius 2 is 1.68 bits per heavy atom. The number of furan rings is 1. The number of esters is 1. The molecular weight excluding hydrogens is 358 g/mol. The molecule has 0 aliphatic heterocycles. The third kappa shape index (κ3) is 4.91. The summed E-state index contributed by atoms with van der Waals surface area (Å²) < 4.78 is 16.6. The molecule has 2 aromatic carbocycles. The van der Waals surface area contributed by atoms with Crippen LogP contribution in [0.4, 0.5) is 0 Å². The lowest BCUT2D eigenvalue weighted by Crippen LogP contribution is -2.42. The Kier molecular flexibility index (Phi) is 5.68. The summed E-state index contributed by atoms with van der Waals surface area (Å²) in [4.78, 5) is 24.5. The van der Waals surface area contributed by atoms with Gasteiger partial charge in [0.1, 0.15) is 17.9 Å². The number of fused-ring (bicyclic) bond motifs is 1. The lowest BCUT2D eigenvalue weighted by Gasteiger charge is -2.20. The van der Waals surface area contributed by atoms with Crippen LogP contribution < -0.4 is 10.1 Å². The van der Waals surface area contributed by atoms with E-state index in [1.807, 2.05) is 69.3 Å². The first-order chi connectivity index (χ1) is 13.3. The van der Waals surface area contributed by atoms with E-state index in [4.69, 9.17) is 13.9 Å². The molecule has 3 rings (SSSR count). The van der Waals surface area contributed by atoms with Crippen LogP contribution >= 0.6 is 0 Å². The number of nitrogens with one attached hydrogen (secondary N) is 1. The zero-order valence-electron chi connectivity index (χ0n) is 16.2. The van der Waals surface area contributed by atoms with Crippen LogP contribution in [-0.2, 0) is 16.1 Å². The van der Waals surface area contributed by atoms with E-state index < -0.39 is 11.5 Å². The van der Waals surface area contributed by atoms with E-state index >= 15 is 0 Å². The molecular formula is C22H23NO5. The van der Waals surface area contributed by atoms with E-state index in [1.165, 1.54) is 0 Å². The zero-order chi connectivity index (χ0) is 20.1. The van der Waals surface area contributed by atoms with Gasteiger partial charge < -0.3 is 19.2 Å². The average molecular weight is 381 g/mol. The maximum atomic E-state index is 12.6. The average Bonchev–Trinajstić information content (AvgIpc) is 3.02. The smallest absolute Gasteiger partial charge is 0.375 e. The van der Waals surface area contributed by atoms with Gasteiger partial charge in [0.05, 0.1) is 5.56 Å². The van der Waals surface area contributed by atoms with Gasteiger partial charge in [0.25, 0.3) is 5.91 Å². The molecule has 1 N–H and O–H groups in total. The summed E-state index contributed by atoms with van der Waals surface area (Å²) in [5, 5.41) is 3.51. The zero-order valence-corrected chi connectivity index (χ0v) is 16.2. The van der Waals surface area contributed by atoms with Gasteiger partial charge in [-0.25, -0.2) is 4.79 Å². The minimum atomic E-state index is -0.702. The molecule has 0 bridgehead atoms. The number of rotatable bonds is 6. The molecule has 0 aliphatic rings. The highest BCUT2D eigenvalue weighted by Gasteiger charge is 2.24. The van der Waals surface area contributed by atoms with Crippen molar-refractivity contribution in [3.8, 4) is 5.75 Å². The van der Waals surface area contributed by atoms with Crippen LogP contribution in [0.1, 0.15) is 36.9 Å². The van der Waals surface area contributed by atoms with Crippen LogP contribution in [0, 0.1) is 0 Å². The van der Waals surface area contributed by atoms with Crippen LogP contribution in [0.2, 0.25) is 0 Å². The van der Waals surface area contributed by atoms with Crippen molar-refractivity contribution in [3.63, 3.8) is 0 Å². The second kappa shape index (κ2) is 8.17. The fraction of sp³-hybridized carbons (Fsp3) is 0.273. The van der Waals surface area contributed by atoms with Gasteiger partial charge >= 0.3 is 5.97 Å². The first-order valence-corrected chi connectivity index (χ1v) is 9.00. The number of ether oxygens (including phenoxy) is 2. The summed E-state index contributed by atoms with van der Waals surface area (Å²) in [6, 6.07) is 16.6. The number of amides is 1. The Morgan fingerprint density at radius 1 is 1.00 bits per heavy atom. The number of para-hydroxylation sites is 2. The number of hydrogen-bond acceptors (Lipinski definition) is 5. The Labute approximate surface area is 163 Å². The van der Waals surface area contributed by atoms with Gasteiger partial charge in [0, 0.05) is 10.9 Å². The molecule has 6 nitrogen and oxygen atoms in total. The first-order valence-electron chi connectivity index (χ1n) is 9.00. The SMILES string of the molecule is CC(C)(C)NC(=O)COC(=O)c1oc2ccccc2c1COc1ccccc1. The molecule has 0 radical (unpaired) electrons. The second-order valence-corrected chi connectivity index (χ2v) is 7.38. The van der Waals surface area contributed by atoms with Crippen LogP contribution in [-0.4, -0.2) is 24.0 Å². The molecule has 1 heterocycles.